The van der Waals surface area contributed by atoms with Crippen LogP contribution in [0.5, 0.6) is 5.75 Å². The maximum Gasteiger partial charge on any atom is 0.447 e. The van der Waals surface area contributed by atoms with Crippen molar-refractivity contribution in [3.63, 3.8) is 0 Å². The molecule has 2 fully saturated rings. The highest BCUT2D eigenvalue weighted by atomic mass is 32.2. The smallest absolute Gasteiger partial charge is 0.447 e. The number of ether oxygens (including phenoxy) is 2. The lowest BCUT2D eigenvalue weighted by molar-refractivity contribution is -0.0330. The van der Waals surface area contributed by atoms with Crippen molar-refractivity contribution in [2.24, 2.45) is 0 Å². The van der Waals surface area contributed by atoms with Crippen molar-refractivity contribution in [2.45, 2.75) is 35.3 Å². The molecule has 2 aliphatic rings. The monoisotopic (exact) mass is 592 g/mol. The highest BCUT2D eigenvalue weighted by molar-refractivity contribution is 8.00. The van der Waals surface area contributed by atoms with Crippen molar-refractivity contribution in [3.05, 3.63) is 47.8 Å². The molecule has 4 N–H and O–H groups in total. The quantitative estimate of drug-likeness (QED) is 0.179. The van der Waals surface area contributed by atoms with Crippen LogP contribution in [-0.2, 0) is 4.74 Å². The molecule has 3 aromatic rings. The van der Waals surface area contributed by atoms with Crippen LogP contribution in [0.2, 0.25) is 0 Å². The second-order valence-electron chi connectivity index (χ2n) is 9.40. The molecule has 2 aliphatic heterocycles. The van der Waals surface area contributed by atoms with Crippen molar-refractivity contribution in [2.75, 3.05) is 50.5 Å². The van der Waals surface area contributed by atoms with E-state index in [1.165, 1.54) is 17.6 Å². The Morgan fingerprint density at radius 3 is 2.83 bits per heavy atom. The van der Waals surface area contributed by atoms with Gasteiger partial charge in [0.1, 0.15) is 28.7 Å². The van der Waals surface area contributed by atoms with E-state index in [9.17, 15) is 22.4 Å². The standard InChI is InChI=1S/C27H28F4N6O3S/c1-32-25(38)16-6-7-20(23(12-16)40-17-13-33-14-17)34-9-2-4-22-26(41-27(29,30)31)37-10-3-5-21(24(37)36-22)35-19-8-11-39-15-18(19)28/h3,5-7,10,12,17-19,33-35H,8-9,11,13-15H2,1H3,(H,32,38)/t18-,19+/m0/s1. The molecule has 4 heterocycles. The maximum absolute atomic E-state index is 14.4. The Labute approximate surface area is 237 Å². The van der Waals surface area contributed by atoms with Gasteiger partial charge < -0.3 is 30.7 Å². The van der Waals surface area contributed by atoms with Gasteiger partial charge in [-0.05, 0) is 42.7 Å². The lowest BCUT2D eigenvalue weighted by Crippen LogP contribution is -2.50. The van der Waals surface area contributed by atoms with Crippen LogP contribution in [0, 0.1) is 11.8 Å². The third-order valence-corrected chi connectivity index (χ3v) is 7.34. The molecule has 41 heavy (non-hydrogen) atoms. The first-order valence-corrected chi connectivity index (χ1v) is 13.7. The molecule has 0 radical (unpaired) electrons. The zero-order valence-corrected chi connectivity index (χ0v) is 22.8. The van der Waals surface area contributed by atoms with Crippen LogP contribution in [0.3, 0.4) is 0 Å². The number of pyridine rings is 1. The van der Waals surface area contributed by atoms with E-state index in [4.69, 9.17) is 9.47 Å². The topological polar surface area (TPSA) is 101 Å². The summed E-state index contributed by atoms with van der Waals surface area (Å²) in [5, 5.41) is 11.7. The Bertz CT molecular complexity index is 1470. The molecule has 9 nitrogen and oxygen atoms in total. The fraction of sp³-hybridized carbons (Fsp3) is 0.407. The van der Waals surface area contributed by atoms with E-state index in [0.29, 0.717) is 48.8 Å². The number of carbonyl (C=O) groups is 1. The lowest BCUT2D eigenvalue weighted by atomic mass is 10.1. The van der Waals surface area contributed by atoms with Gasteiger partial charge in [-0.2, -0.15) is 13.2 Å². The van der Waals surface area contributed by atoms with Crippen LogP contribution in [0.25, 0.3) is 5.65 Å². The van der Waals surface area contributed by atoms with Crippen LogP contribution in [0.4, 0.5) is 28.9 Å². The number of imidazole rings is 1. The van der Waals surface area contributed by atoms with E-state index in [-0.39, 0.29) is 53.3 Å². The van der Waals surface area contributed by atoms with Gasteiger partial charge in [-0.25, -0.2) is 9.37 Å². The summed E-state index contributed by atoms with van der Waals surface area (Å²) in [6.07, 6.45) is 0.583. The van der Waals surface area contributed by atoms with Gasteiger partial charge >= 0.3 is 5.51 Å². The van der Waals surface area contributed by atoms with E-state index in [1.807, 2.05) is 0 Å². The third-order valence-electron chi connectivity index (χ3n) is 6.53. The summed E-state index contributed by atoms with van der Waals surface area (Å²) in [5.74, 6) is 5.80. The molecule has 2 saturated heterocycles. The van der Waals surface area contributed by atoms with Gasteiger partial charge in [0.2, 0.25) is 0 Å². The molecule has 14 heteroatoms. The molecule has 0 saturated carbocycles. The number of amides is 1. The van der Waals surface area contributed by atoms with E-state index in [0.717, 1.165) is 0 Å². The molecule has 2 aromatic heterocycles. The summed E-state index contributed by atoms with van der Waals surface area (Å²) in [4.78, 5) is 16.5. The van der Waals surface area contributed by atoms with E-state index < -0.39 is 17.7 Å². The number of benzene rings is 1. The van der Waals surface area contributed by atoms with Crippen LogP contribution in [-0.4, -0.2) is 79.0 Å². The summed E-state index contributed by atoms with van der Waals surface area (Å²) < 4.78 is 67.3. The molecular formula is C27H28F4N6O3S. The zero-order valence-electron chi connectivity index (χ0n) is 22.0. The number of fused-ring (bicyclic) bond motifs is 1. The van der Waals surface area contributed by atoms with E-state index in [1.54, 1.807) is 30.3 Å². The molecular weight excluding hydrogens is 564 g/mol. The summed E-state index contributed by atoms with van der Waals surface area (Å²) in [5.41, 5.74) is -3.00. The van der Waals surface area contributed by atoms with E-state index >= 15 is 0 Å². The van der Waals surface area contributed by atoms with Crippen molar-refractivity contribution >= 4 is 34.7 Å². The minimum Gasteiger partial charge on any atom is -0.486 e. The van der Waals surface area contributed by atoms with Gasteiger partial charge in [-0.15, -0.1) is 0 Å². The van der Waals surface area contributed by atoms with Gasteiger partial charge in [0.15, 0.2) is 5.65 Å². The molecule has 0 aliphatic carbocycles. The van der Waals surface area contributed by atoms with Crippen molar-refractivity contribution in [1.82, 2.24) is 20.0 Å². The van der Waals surface area contributed by atoms with Gasteiger partial charge in [-0.3, -0.25) is 9.20 Å². The first-order chi connectivity index (χ1) is 19.7. The number of nitrogens with one attached hydrogen (secondary N) is 4. The van der Waals surface area contributed by atoms with Crippen LogP contribution < -0.4 is 26.0 Å². The highest BCUT2D eigenvalue weighted by Gasteiger charge is 2.33. The van der Waals surface area contributed by atoms with E-state index in [2.05, 4.69) is 38.1 Å². The first kappa shape index (κ1) is 28.8. The van der Waals surface area contributed by atoms with Crippen LogP contribution >= 0.6 is 11.8 Å². The number of hydrogen-bond acceptors (Lipinski definition) is 8. The predicted molar refractivity (Wildman–Crippen MR) is 147 cm³/mol. The van der Waals surface area contributed by atoms with Gasteiger partial charge in [0.25, 0.3) is 5.91 Å². The highest BCUT2D eigenvalue weighted by Crippen LogP contribution is 2.39. The summed E-state index contributed by atoms with van der Waals surface area (Å²) in [7, 11) is 1.53. The Morgan fingerprint density at radius 1 is 1.29 bits per heavy atom. The molecule has 1 amide bonds. The summed E-state index contributed by atoms with van der Waals surface area (Å²) in [6, 6.07) is 7.62. The lowest BCUT2D eigenvalue weighted by Gasteiger charge is -2.29. The normalized spacial score (nSPS) is 19.1. The molecule has 0 bridgehead atoms. The number of carbonyl (C=O) groups excluding carboxylic acids is 1. The average molecular weight is 593 g/mol. The fourth-order valence-corrected chi connectivity index (χ4v) is 5.01. The van der Waals surface area contributed by atoms with Gasteiger partial charge in [0.05, 0.1) is 30.6 Å². The zero-order chi connectivity index (χ0) is 29.0. The molecule has 218 valence electrons. The number of hydrogen-bond donors (Lipinski definition) is 4. The number of anilines is 2. The Hall–Kier alpha value is -3.67. The predicted octanol–water partition coefficient (Wildman–Crippen LogP) is 3.66. The fourth-order valence-electron chi connectivity index (χ4n) is 4.36. The largest absolute Gasteiger partial charge is 0.486 e. The molecule has 5 rings (SSSR count). The molecule has 1 aromatic carbocycles. The summed E-state index contributed by atoms with van der Waals surface area (Å²) in [6.45, 7) is 1.75. The van der Waals surface area contributed by atoms with Gasteiger partial charge in [0, 0.05) is 50.3 Å². The van der Waals surface area contributed by atoms with Crippen molar-refractivity contribution in [1.29, 1.82) is 0 Å². The van der Waals surface area contributed by atoms with Crippen molar-refractivity contribution in [3.8, 4) is 17.6 Å². The number of nitrogens with zero attached hydrogens (tertiary/aromatic N) is 2. The van der Waals surface area contributed by atoms with Crippen molar-refractivity contribution < 1.29 is 31.8 Å². The summed E-state index contributed by atoms with van der Waals surface area (Å²) >= 11 is -0.310. The number of alkyl halides is 4. The van der Waals surface area contributed by atoms with Gasteiger partial charge in [-0.1, -0.05) is 5.92 Å². The minimum atomic E-state index is -4.58. The second kappa shape index (κ2) is 12.5. The Morgan fingerprint density at radius 2 is 2.12 bits per heavy atom. The van der Waals surface area contributed by atoms with Crippen LogP contribution in [0.1, 0.15) is 22.5 Å². The molecule has 0 unspecified atom stereocenters. The first-order valence-electron chi connectivity index (χ1n) is 12.9. The Balaban J connectivity index is 1.39. The molecule has 0 spiro atoms. The number of aromatic nitrogens is 2. The second-order valence-corrected chi connectivity index (χ2v) is 10.5. The number of halogens is 4. The maximum atomic E-state index is 14.4. The SMILES string of the molecule is CNC(=O)c1ccc(NCC#Cc2nc3c(N[C@@H]4CCOC[C@@H]4F)cccn3c2SC(F)(F)F)c(OC2CNC2)c1. The minimum absolute atomic E-state index is 0.0434. The number of rotatable bonds is 8. The molecule has 2 atom stereocenters. The van der Waals surface area contributed by atoms with Crippen LogP contribution in [0.15, 0.2) is 41.6 Å². The Kier molecular flexibility index (Phi) is 8.77. The number of thioether (sulfide) groups is 1. The average Bonchev–Trinajstić information content (AvgIpc) is 3.26. The third kappa shape index (κ3) is 6.98.